The van der Waals surface area contributed by atoms with Crippen molar-refractivity contribution in [3.8, 4) is 5.69 Å². The van der Waals surface area contributed by atoms with E-state index in [0.717, 1.165) is 10.2 Å². The number of nitrogens with zero attached hydrogens (tertiary/aromatic N) is 3. The predicted octanol–water partition coefficient (Wildman–Crippen LogP) is 3.84. The summed E-state index contributed by atoms with van der Waals surface area (Å²) in [6, 6.07) is 16.4. The van der Waals surface area contributed by atoms with Gasteiger partial charge >= 0.3 is 6.09 Å². The number of benzene rings is 2. The molecule has 3 aromatic rings. The molecule has 8 heteroatoms. The minimum absolute atomic E-state index is 0.272. The molecule has 0 aliphatic carbocycles. The number of carbonyl (C=O) groups excluding carboxylic acids is 2. The number of nitrogens with one attached hydrogen (secondary N) is 1. The number of amides is 2. The van der Waals surface area contributed by atoms with E-state index in [9.17, 15) is 9.59 Å². The van der Waals surface area contributed by atoms with Gasteiger partial charge in [-0.1, -0.05) is 34.1 Å². The number of anilines is 2. The van der Waals surface area contributed by atoms with Crippen LogP contribution < -0.4 is 10.2 Å². The molecule has 0 bridgehead atoms. The molecule has 0 atom stereocenters. The maximum atomic E-state index is 12.6. The number of rotatable bonds is 4. The van der Waals surface area contributed by atoms with Gasteiger partial charge in [-0.25, -0.2) is 9.48 Å². The van der Waals surface area contributed by atoms with E-state index in [0.29, 0.717) is 24.5 Å². The van der Waals surface area contributed by atoms with E-state index >= 15 is 0 Å². The van der Waals surface area contributed by atoms with E-state index < -0.39 is 6.09 Å². The lowest BCUT2D eigenvalue weighted by molar-refractivity contribution is 0.102. The summed E-state index contributed by atoms with van der Waals surface area (Å²) in [4.78, 5) is 26.0. The molecule has 2 amide bonds. The fraction of sp³-hybridized carbons (Fsp3) is 0.105. The van der Waals surface area contributed by atoms with Gasteiger partial charge in [0.1, 0.15) is 6.61 Å². The van der Waals surface area contributed by atoms with E-state index in [1.54, 1.807) is 41.2 Å². The van der Waals surface area contributed by atoms with Crippen LogP contribution in [0.3, 0.4) is 0 Å². The Morgan fingerprint density at radius 1 is 1.15 bits per heavy atom. The molecule has 1 aliphatic heterocycles. The molecule has 0 saturated carbocycles. The minimum atomic E-state index is -0.421. The van der Waals surface area contributed by atoms with Crippen molar-refractivity contribution in [1.29, 1.82) is 0 Å². The van der Waals surface area contributed by atoms with Gasteiger partial charge in [0, 0.05) is 10.7 Å². The molecule has 1 saturated heterocycles. The highest BCUT2D eigenvalue weighted by Crippen LogP contribution is 2.28. The van der Waals surface area contributed by atoms with Gasteiger partial charge in [0.25, 0.3) is 5.91 Å². The fourth-order valence-corrected chi connectivity index (χ4v) is 3.21. The molecule has 27 heavy (non-hydrogen) atoms. The Kier molecular flexibility index (Phi) is 4.64. The normalized spacial score (nSPS) is 13.5. The fourth-order valence-electron chi connectivity index (χ4n) is 2.82. The highest BCUT2D eigenvalue weighted by molar-refractivity contribution is 9.10. The first-order chi connectivity index (χ1) is 13.1. The van der Waals surface area contributed by atoms with Crippen LogP contribution in [0.25, 0.3) is 5.69 Å². The van der Waals surface area contributed by atoms with Crippen molar-refractivity contribution in [1.82, 2.24) is 9.78 Å². The van der Waals surface area contributed by atoms with Gasteiger partial charge in [-0.3, -0.25) is 9.69 Å². The number of hydrogen-bond acceptors (Lipinski definition) is 4. The molecule has 2 aromatic carbocycles. The van der Waals surface area contributed by atoms with Crippen molar-refractivity contribution < 1.29 is 14.3 Å². The monoisotopic (exact) mass is 426 g/mol. The Labute approximate surface area is 163 Å². The molecule has 1 N–H and O–H groups in total. The first kappa shape index (κ1) is 17.3. The summed E-state index contributed by atoms with van der Waals surface area (Å²) < 4.78 is 7.53. The predicted molar refractivity (Wildman–Crippen MR) is 104 cm³/mol. The maximum absolute atomic E-state index is 12.6. The summed E-state index contributed by atoms with van der Waals surface area (Å²) in [5.74, 6) is -0.358. The average Bonchev–Trinajstić information content (AvgIpc) is 3.31. The summed E-state index contributed by atoms with van der Waals surface area (Å²) >= 11 is 3.42. The summed E-state index contributed by atoms with van der Waals surface area (Å²) in [5.41, 5.74) is 2.23. The number of aromatic nitrogens is 2. The number of halogens is 1. The summed E-state index contributed by atoms with van der Waals surface area (Å²) in [7, 11) is 0. The summed E-state index contributed by atoms with van der Waals surface area (Å²) in [6.45, 7) is 0.779. The van der Waals surface area contributed by atoms with Crippen LogP contribution in [0.15, 0.2) is 65.3 Å². The third-order valence-electron chi connectivity index (χ3n) is 4.10. The van der Waals surface area contributed by atoms with Crippen molar-refractivity contribution in [3.05, 3.63) is 71.0 Å². The van der Waals surface area contributed by atoms with Gasteiger partial charge in [0.15, 0.2) is 5.69 Å². The van der Waals surface area contributed by atoms with E-state index in [-0.39, 0.29) is 11.6 Å². The highest BCUT2D eigenvalue weighted by Gasteiger charge is 2.26. The van der Waals surface area contributed by atoms with Crippen LogP contribution in [0.1, 0.15) is 10.5 Å². The number of carbonyl (C=O) groups is 2. The van der Waals surface area contributed by atoms with Crippen LogP contribution in [-0.4, -0.2) is 34.9 Å². The minimum Gasteiger partial charge on any atom is -0.447 e. The largest absolute Gasteiger partial charge is 0.447 e. The molecular weight excluding hydrogens is 412 g/mol. The van der Waals surface area contributed by atoms with Crippen LogP contribution in [0, 0.1) is 0 Å². The Morgan fingerprint density at radius 3 is 2.78 bits per heavy atom. The quantitative estimate of drug-likeness (QED) is 0.687. The van der Waals surface area contributed by atoms with Gasteiger partial charge in [-0.05, 0) is 36.4 Å². The topological polar surface area (TPSA) is 76.5 Å². The summed E-state index contributed by atoms with van der Waals surface area (Å²) in [6.07, 6.45) is 1.30. The second-order valence-corrected chi connectivity index (χ2v) is 6.78. The van der Waals surface area contributed by atoms with Crippen LogP contribution in [0.2, 0.25) is 0 Å². The highest BCUT2D eigenvalue weighted by atomic mass is 79.9. The van der Waals surface area contributed by atoms with Gasteiger partial charge in [0.05, 0.1) is 23.6 Å². The van der Waals surface area contributed by atoms with Crippen molar-refractivity contribution >= 4 is 39.3 Å². The van der Waals surface area contributed by atoms with Crippen molar-refractivity contribution in [2.45, 2.75) is 0 Å². The second-order valence-electron chi connectivity index (χ2n) is 5.86. The number of ether oxygens (including phenoxy) is 1. The van der Waals surface area contributed by atoms with Crippen LogP contribution in [0.5, 0.6) is 0 Å². The van der Waals surface area contributed by atoms with Gasteiger partial charge in [-0.2, -0.15) is 5.10 Å². The van der Waals surface area contributed by atoms with Gasteiger partial charge in [-0.15, -0.1) is 0 Å². The lowest BCUT2D eigenvalue weighted by Crippen LogP contribution is -2.25. The molecule has 136 valence electrons. The van der Waals surface area contributed by atoms with Crippen molar-refractivity contribution in [2.75, 3.05) is 23.4 Å². The van der Waals surface area contributed by atoms with Gasteiger partial charge in [0.2, 0.25) is 0 Å². The zero-order valence-corrected chi connectivity index (χ0v) is 15.7. The SMILES string of the molecule is O=C(Nc1ccccc1N1CCOC1=O)c1ccn(-c2cccc(Br)c2)n1. The lowest BCUT2D eigenvalue weighted by atomic mass is 10.2. The van der Waals surface area contributed by atoms with Gasteiger partial charge < -0.3 is 10.1 Å². The molecule has 2 heterocycles. The van der Waals surface area contributed by atoms with Crippen LogP contribution in [0.4, 0.5) is 16.2 Å². The Balaban J connectivity index is 1.56. The second kappa shape index (κ2) is 7.24. The molecule has 0 unspecified atom stereocenters. The average molecular weight is 427 g/mol. The van der Waals surface area contributed by atoms with Crippen molar-refractivity contribution in [2.24, 2.45) is 0 Å². The number of para-hydroxylation sites is 2. The molecule has 7 nitrogen and oxygen atoms in total. The Hall–Kier alpha value is -3.13. The van der Waals surface area contributed by atoms with Crippen molar-refractivity contribution in [3.63, 3.8) is 0 Å². The molecule has 1 aromatic heterocycles. The first-order valence-electron chi connectivity index (χ1n) is 8.28. The molecule has 1 aliphatic rings. The zero-order chi connectivity index (χ0) is 18.8. The third-order valence-corrected chi connectivity index (χ3v) is 4.59. The van der Waals surface area contributed by atoms with Crippen LogP contribution >= 0.6 is 15.9 Å². The maximum Gasteiger partial charge on any atom is 0.414 e. The molecule has 0 spiro atoms. The molecule has 1 fully saturated rings. The van der Waals surface area contributed by atoms with Crippen LogP contribution in [-0.2, 0) is 4.74 Å². The molecule has 0 radical (unpaired) electrons. The van der Waals surface area contributed by atoms with E-state index in [1.807, 2.05) is 24.3 Å². The lowest BCUT2D eigenvalue weighted by Gasteiger charge is -2.17. The smallest absolute Gasteiger partial charge is 0.414 e. The standard InChI is InChI=1S/C19H15BrN4O3/c20-13-4-3-5-14(12-13)24-9-8-16(22-24)18(25)21-15-6-1-2-7-17(15)23-10-11-27-19(23)26/h1-9,12H,10-11H2,(H,21,25). The molecular formula is C19H15BrN4O3. The van der Waals surface area contributed by atoms with E-state index in [2.05, 4.69) is 26.3 Å². The number of cyclic esters (lactones) is 1. The zero-order valence-electron chi connectivity index (χ0n) is 14.1. The summed E-state index contributed by atoms with van der Waals surface area (Å²) in [5, 5.41) is 7.17. The Bertz CT molecular complexity index is 1020. The molecule has 4 rings (SSSR count). The number of hydrogen-bond donors (Lipinski definition) is 1. The Morgan fingerprint density at radius 2 is 2.00 bits per heavy atom. The van der Waals surface area contributed by atoms with E-state index in [1.165, 1.54) is 4.90 Å². The third kappa shape index (κ3) is 3.56. The van der Waals surface area contributed by atoms with E-state index in [4.69, 9.17) is 4.74 Å². The first-order valence-corrected chi connectivity index (χ1v) is 9.07.